The van der Waals surface area contributed by atoms with Crippen molar-refractivity contribution in [2.24, 2.45) is 0 Å². The second-order valence-electron chi connectivity index (χ2n) is 7.74. The Bertz CT molecular complexity index is 1290. The summed E-state index contributed by atoms with van der Waals surface area (Å²) in [7, 11) is 0. The second-order valence-corrected chi connectivity index (χ2v) is 7.74. The van der Waals surface area contributed by atoms with Gasteiger partial charge in [-0.3, -0.25) is 14.5 Å². The zero-order chi connectivity index (χ0) is 24.4. The zero-order valence-corrected chi connectivity index (χ0v) is 18.2. The van der Waals surface area contributed by atoms with Gasteiger partial charge >= 0.3 is 0 Å². The Hall–Kier alpha value is -4.20. The normalized spacial score (nSPS) is 17.3. The first-order valence-electron chi connectivity index (χ1n) is 10.6. The molecule has 6 nitrogen and oxygen atoms in total. The minimum absolute atomic E-state index is 0.0469. The molecular formula is C26H21F2NO5. The fourth-order valence-corrected chi connectivity index (χ4v) is 3.81. The van der Waals surface area contributed by atoms with Crippen LogP contribution in [-0.4, -0.2) is 28.5 Å². The first-order valence-corrected chi connectivity index (χ1v) is 10.6. The van der Waals surface area contributed by atoms with Crippen LogP contribution in [0.3, 0.4) is 0 Å². The van der Waals surface area contributed by atoms with Crippen LogP contribution in [0.25, 0.3) is 5.76 Å². The summed E-state index contributed by atoms with van der Waals surface area (Å²) in [6.45, 7) is 2.40. The number of rotatable bonds is 6. The lowest BCUT2D eigenvalue weighted by atomic mass is 9.95. The van der Waals surface area contributed by atoms with E-state index in [2.05, 4.69) is 0 Å². The Labute approximate surface area is 194 Å². The zero-order valence-electron chi connectivity index (χ0n) is 18.2. The number of halogens is 2. The van der Waals surface area contributed by atoms with Gasteiger partial charge in [-0.25, -0.2) is 8.78 Å². The highest BCUT2D eigenvalue weighted by molar-refractivity contribution is 6.51. The van der Waals surface area contributed by atoms with Gasteiger partial charge in [0.05, 0.1) is 18.2 Å². The number of hydrogen-bond acceptors (Lipinski definition) is 5. The van der Waals surface area contributed by atoms with Crippen molar-refractivity contribution in [1.82, 2.24) is 0 Å². The van der Waals surface area contributed by atoms with Gasteiger partial charge in [-0.05, 0) is 48.4 Å². The summed E-state index contributed by atoms with van der Waals surface area (Å²) in [6.07, 6.45) is 0.774. The van der Waals surface area contributed by atoms with Gasteiger partial charge in [-0.2, -0.15) is 0 Å². The van der Waals surface area contributed by atoms with E-state index in [4.69, 9.17) is 4.74 Å². The quantitative estimate of drug-likeness (QED) is 0.301. The average Bonchev–Trinajstić information content (AvgIpc) is 3.10. The summed E-state index contributed by atoms with van der Waals surface area (Å²) in [5.41, 5.74) is 0.341. The second kappa shape index (κ2) is 9.35. The Morgan fingerprint density at radius 3 is 2.41 bits per heavy atom. The van der Waals surface area contributed by atoms with Gasteiger partial charge in [0.25, 0.3) is 11.7 Å². The molecule has 1 heterocycles. The van der Waals surface area contributed by atoms with Gasteiger partial charge < -0.3 is 14.9 Å². The molecule has 1 atom stereocenters. The summed E-state index contributed by atoms with van der Waals surface area (Å²) >= 11 is 0. The van der Waals surface area contributed by atoms with Gasteiger partial charge in [0, 0.05) is 17.3 Å². The number of nitrogens with zero attached hydrogens (tertiary/aromatic N) is 1. The van der Waals surface area contributed by atoms with Crippen LogP contribution in [0.1, 0.15) is 30.5 Å². The molecule has 1 aliphatic rings. The number of anilines is 1. The standard InChI is InChI=1S/C26H21F2NO5/c1-2-12-34-19-5-3-4-16(13-19)24(31)22-23(15-6-9-18(30)10-7-15)29(26(33)25(22)32)17-8-11-20(27)21(28)14-17/h3-11,13-14,23,30-31H,2,12H2,1H3/b24-22+. The molecule has 174 valence electrons. The Morgan fingerprint density at radius 1 is 1.00 bits per heavy atom. The van der Waals surface area contributed by atoms with Gasteiger partial charge in [0.15, 0.2) is 11.6 Å². The van der Waals surface area contributed by atoms with Crippen molar-refractivity contribution in [1.29, 1.82) is 0 Å². The van der Waals surface area contributed by atoms with E-state index in [0.29, 0.717) is 17.9 Å². The predicted molar refractivity (Wildman–Crippen MR) is 121 cm³/mol. The topological polar surface area (TPSA) is 87.1 Å². The lowest BCUT2D eigenvalue weighted by Crippen LogP contribution is -2.29. The van der Waals surface area contributed by atoms with Crippen LogP contribution in [0.15, 0.2) is 72.3 Å². The Morgan fingerprint density at radius 2 is 1.74 bits per heavy atom. The van der Waals surface area contributed by atoms with Crippen LogP contribution >= 0.6 is 0 Å². The fourth-order valence-electron chi connectivity index (χ4n) is 3.81. The van der Waals surface area contributed by atoms with Crippen molar-refractivity contribution >= 4 is 23.1 Å². The molecule has 0 aromatic heterocycles. The van der Waals surface area contributed by atoms with Crippen LogP contribution in [0.4, 0.5) is 14.5 Å². The number of benzene rings is 3. The Kier molecular flexibility index (Phi) is 6.32. The van der Waals surface area contributed by atoms with E-state index in [9.17, 15) is 28.6 Å². The maximum Gasteiger partial charge on any atom is 0.300 e. The van der Waals surface area contributed by atoms with Crippen LogP contribution in [0, 0.1) is 11.6 Å². The summed E-state index contributed by atoms with van der Waals surface area (Å²) < 4.78 is 33.1. The fraction of sp³-hybridized carbons (Fsp3) is 0.154. The number of aromatic hydroxyl groups is 1. The minimum atomic E-state index is -1.19. The van der Waals surface area contributed by atoms with Crippen molar-refractivity contribution in [3.05, 3.63) is 95.1 Å². The number of Topliss-reactive ketones (excluding diaryl/α,β-unsaturated/α-hetero) is 1. The minimum Gasteiger partial charge on any atom is -0.508 e. The summed E-state index contributed by atoms with van der Waals surface area (Å²) in [6, 6.07) is 13.8. The molecule has 1 saturated heterocycles. The summed E-state index contributed by atoms with van der Waals surface area (Å²) in [5, 5.41) is 20.8. The summed E-state index contributed by atoms with van der Waals surface area (Å²) in [4.78, 5) is 27.2. The largest absolute Gasteiger partial charge is 0.508 e. The number of ether oxygens (including phenoxy) is 1. The number of phenolic OH excluding ortho intramolecular Hbond substituents is 1. The molecule has 1 aliphatic heterocycles. The first-order chi connectivity index (χ1) is 16.3. The molecule has 3 aromatic carbocycles. The number of aliphatic hydroxyl groups is 1. The van der Waals surface area contributed by atoms with Gasteiger partial charge in [-0.15, -0.1) is 0 Å². The molecule has 0 bridgehead atoms. The van der Waals surface area contributed by atoms with E-state index in [0.717, 1.165) is 23.5 Å². The highest BCUT2D eigenvalue weighted by Gasteiger charge is 2.47. The maximum absolute atomic E-state index is 14.0. The number of amides is 1. The van der Waals surface area contributed by atoms with Crippen LogP contribution in [-0.2, 0) is 9.59 Å². The molecule has 0 radical (unpaired) electrons. The van der Waals surface area contributed by atoms with Crippen LogP contribution in [0.2, 0.25) is 0 Å². The van der Waals surface area contributed by atoms with Crippen molar-refractivity contribution < 1.29 is 33.3 Å². The van der Waals surface area contributed by atoms with Gasteiger partial charge in [0.1, 0.15) is 17.3 Å². The highest BCUT2D eigenvalue weighted by Crippen LogP contribution is 2.42. The number of carbonyl (C=O) groups excluding carboxylic acids is 2. The van der Waals surface area contributed by atoms with Crippen LogP contribution < -0.4 is 9.64 Å². The smallest absolute Gasteiger partial charge is 0.300 e. The van der Waals surface area contributed by atoms with E-state index < -0.39 is 35.1 Å². The molecule has 1 unspecified atom stereocenters. The monoisotopic (exact) mass is 465 g/mol. The molecule has 34 heavy (non-hydrogen) atoms. The number of ketones is 1. The maximum atomic E-state index is 14.0. The number of hydrogen-bond donors (Lipinski definition) is 2. The van der Waals surface area contributed by atoms with Crippen molar-refractivity contribution in [3.63, 3.8) is 0 Å². The molecule has 8 heteroatoms. The van der Waals surface area contributed by atoms with E-state index in [1.165, 1.54) is 30.3 Å². The molecule has 2 N–H and O–H groups in total. The van der Waals surface area contributed by atoms with E-state index in [1.54, 1.807) is 24.3 Å². The lowest BCUT2D eigenvalue weighted by molar-refractivity contribution is -0.132. The summed E-state index contributed by atoms with van der Waals surface area (Å²) in [5.74, 6) is -4.31. The van der Waals surface area contributed by atoms with Crippen molar-refractivity contribution in [3.8, 4) is 11.5 Å². The number of aliphatic hydroxyl groups excluding tert-OH is 1. The third kappa shape index (κ3) is 4.22. The van der Waals surface area contributed by atoms with Gasteiger partial charge in [-0.1, -0.05) is 31.2 Å². The highest BCUT2D eigenvalue weighted by atomic mass is 19.2. The lowest BCUT2D eigenvalue weighted by Gasteiger charge is -2.25. The van der Waals surface area contributed by atoms with E-state index in [-0.39, 0.29) is 22.6 Å². The average molecular weight is 465 g/mol. The third-order valence-corrected chi connectivity index (χ3v) is 5.41. The van der Waals surface area contributed by atoms with E-state index >= 15 is 0 Å². The molecule has 3 aromatic rings. The first kappa shape index (κ1) is 23.0. The predicted octanol–water partition coefficient (Wildman–Crippen LogP) is 5.09. The number of carbonyl (C=O) groups is 2. The Balaban J connectivity index is 1.89. The SMILES string of the molecule is CCCOc1cccc(/C(O)=C2\C(=O)C(=O)N(c3ccc(F)c(F)c3)C2c2ccc(O)cc2)c1. The molecule has 0 spiro atoms. The molecule has 1 fully saturated rings. The number of phenols is 1. The molecule has 1 amide bonds. The molecule has 0 saturated carbocycles. The molecule has 0 aliphatic carbocycles. The van der Waals surface area contributed by atoms with Gasteiger partial charge in [0.2, 0.25) is 0 Å². The van der Waals surface area contributed by atoms with Crippen LogP contribution in [0.5, 0.6) is 11.5 Å². The molecular weight excluding hydrogens is 444 g/mol. The third-order valence-electron chi connectivity index (χ3n) is 5.41. The van der Waals surface area contributed by atoms with Crippen molar-refractivity contribution in [2.75, 3.05) is 11.5 Å². The van der Waals surface area contributed by atoms with E-state index in [1.807, 2.05) is 6.92 Å². The molecule has 4 rings (SSSR count). The van der Waals surface area contributed by atoms with Crippen molar-refractivity contribution in [2.45, 2.75) is 19.4 Å².